The summed E-state index contributed by atoms with van der Waals surface area (Å²) in [5.41, 5.74) is 1.35. The Bertz CT molecular complexity index is 382. The topological polar surface area (TPSA) is 3.88 Å². The van der Waals surface area contributed by atoms with Crippen LogP contribution in [-0.4, -0.2) is 0 Å². The molecule has 0 fully saturated rings. The van der Waals surface area contributed by atoms with Crippen molar-refractivity contribution >= 4 is 0 Å². The van der Waals surface area contributed by atoms with Crippen LogP contribution in [0, 0.1) is 6.92 Å². The highest BCUT2D eigenvalue weighted by Gasteiger charge is 1.99. The molecule has 1 heteroatoms. The number of nitrogens with zero attached hydrogens (tertiary/aromatic N) is 1. The Morgan fingerprint density at radius 1 is 0.560 bits per heavy atom. The summed E-state index contributed by atoms with van der Waals surface area (Å²) in [7, 11) is 0. The zero-order chi connectivity index (χ0) is 18.0. The van der Waals surface area contributed by atoms with Gasteiger partial charge in [-0.15, -0.1) is 0 Å². The predicted octanol–water partition coefficient (Wildman–Crippen LogP) is 7.54. The van der Waals surface area contributed by atoms with Gasteiger partial charge in [0.2, 0.25) is 0 Å². The lowest BCUT2D eigenvalue weighted by atomic mass is 10.0. The first-order chi connectivity index (χ1) is 12.3. The third kappa shape index (κ3) is 14.0. The van der Waals surface area contributed by atoms with Crippen molar-refractivity contribution in [3.63, 3.8) is 0 Å². The van der Waals surface area contributed by atoms with E-state index in [4.69, 9.17) is 0 Å². The number of hydrogen-bond acceptors (Lipinski definition) is 0. The number of aromatic nitrogens is 1. The third-order valence-corrected chi connectivity index (χ3v) is 5.33. The first-order valence-corrected chi connectivity index (χ1v) is 11.3. The van der Waals surface area contributed by atoms with Crippen molar-refractivity contribution in [1.29, 1.82) is 0 Å². The molecule has 1 heterocycles. The lowest BCUT2D eigenvalue weighted by Crippen LogP contribution is -2.32. The van der Waals surface area contributed by atoms with Crippen LogP contribution in [0.15, 0.2) is 24.5 Å². The summed E-state index contributed by atoms with van der Waals surface area (Å²) < 4.78 is 2.32. The Labute approximate surface area is 158 Å². The van der Waals surface area contributed by atoms with E-state index < -0.39 is 0 Å². The van der Waals surface area contributed by atoms with Crippen molar-refractivity contribution in [1.82, 2.24) is 0 Å². The Morgan fingerprint density at radius 3 is 1.32 bits per heavy atom. The monoisotopic (exact) mass is 346 g/mol. The van der Waals surface area contributed by atoms with E-state index in [1.807, 2.05) is 0 Å². The maximum absolute atomic E-state index is 2.32. The molecule has 0 N–H and O–H groups in total. The quantitative estimate of drug-likeness (QED) is 0.202. The van der Waals surface area contributed by atoms with E-state index in [1.165, 1.54) is 115 Å². The van der Waals surface area contributed by atoms with E-state index in [1.54, 1.807) is 0 Å². The zero-order valence-electron chi connectivity index (χ0n) is 17.3. The molecular weight excluding hydrogens is 302 g/mol. The molecule has 1 rings (SSSR count). The van der Waals surface area contributed by atoms with Gasteiger partial charge in [-0.2, -0.15) is 0 Å². The fourth-order valence-electron chi connectivity index (χ4n) is 3.52. The molecule has 0 aliphatic carbocycles. The number of hydrogen-bond donors (Lipinski definition) is 0. The fourth-order valence-corrected chi connectivity index (χ4v) is 3.52. The van der Waals surface area contributed by atoms with E-state index in [0.29, 0.717) is 0 Å². The summed E-state index contributed by atoms with van der Waals surface area (Å²) in [4.78, 5) is 0. The van der Waals surface area contributed by atoms with E-state index in [-0.39, 0.29) is 0 Å². The SMILES string of the molecule is CCCCCCCCCCCCCCCCCC[n+]1ccc(C)cc1. The second kappa shape index (κ2) is 16.6. The molecule has 0 amide bonds. The van der Waals surface area contributed by atoms with Crippen LogP contribution in [0.1, 0.15) is 115 Å². The second-order valence-electron chi connectivity index (χ2n) is 7.92. The lowest BCUT2D eigenvalue weighted by Gasteiger charge is -2.03. The summed E-state index contributed by atoms with van der Waals surface area (Å²) in [5.74, 6) is 0. The third-order valence-electron chi connectivity index (χ3n) is 5.33. The largest absolute Gasteiger partial charge is 0.205 e. The van der Waals surface area contributed by atoms with Gasteiger partial charge in [-0.3, -0.25) is 0 Å². The molecule has 144 valence electrons. The molecule has 1 aromatic rings. The Kier molecular flexibility index (Phi) is 14.7. The fraction of sp³-hybridized carbons (Fsp3) is 0.792. The molecule has 25 heavy (non-hydrogen) atoms. The molecule has 0 unspecified atom stereocenters. The van der Waals surface area contributed by atoms with Crippen molar-refractivity contribution in [3.05, 3.63) is 30.1 Å². The molecule has 0 aliphatic heterocycles. The van der Waals surface area contributed by atoms with Crippen molar-refractivity contribution in [3.8, 4) is 0 Å². The van der Waals surface area contributed by atoms with Gasteiger partial charge in [0.15, 0.2) is 12.4 Å². The minimum atomic E-state index is 1.18. The van der Waals surface area contributed by atoms with E-state index in [2.05, 4.69) is 42.9 Å². The number of unbranched alkanes of at least 4 members (excludes halogenated alkanes) is 15. The van der Waals surface area contributed by atoms with Gasteiger partial charge in [0.1, 0.15) is 6.54 Å². The molecule has 0 aromatic carbocycles. The standard InChI is InChI=1S/C24H44N/c1-3-4-5-6-7-8-9-10-11-12-13-14-15-16-17-18-21-25-22-19-24(2)20-23-25/h19-20,22-23H,3-18,21H2,1-2H3/q+1. The molecule has 0 saturated carbocycles. The smallest absolute Gasteiger partial charge is 0.169 e. The molecular formula is C24H44N+. The lowest BCUT2D eigenvalue weighted by molar-refractivity contribution is -0.697. The van der Waals surface area contributed by atoms with E-state index in [0.717, 1.165) is 0 Å². The van der Waals surface area contributed by atoms with Gasteiger partial charge in [0.05, 0.1) is 0 Å². The summed E-state index contributed by atoms with van der Waals surface area (Å²) >= 11 is 0. The maximum atomic E-state index is 2.32. The van der Waals surface area contributed by atoms with Crippen LogP contribution in [-0.2, 0) is 6.54 Å². The van der Waals surface area contributed by atoms with E-state index in [9.17, 15) is 0 Å². The van der Waals surface area contributed by atoms with Crippen molar-refractivity contribution < 1.29 is 4.57 Å². The summed E-state index contributed by atoms with van der Waals surface area (Å²) in [5, 5.41) is 0. The van der Waals surface area contributed by atoms with Gasteiger partial charge in [0.25, 0.3) is 0 Å². The number of aryl methyl sites for hydroxylation is 2. The number of rotatable bonds is 17. The van der Waals surface area contributed by atoms with Gasteiger partial charge in [0, 0.05) is 18.6 Å². The van der Waals surface area contributed by atoms with Crippen LogP contribution in [0.25, 0.3) is 0 Å². The minimum absolute atomic E-state index is 1.18. The van der Waals surface area contributed by atoms with Crippen molar-refractivity contribution in [2.45, 2.75) is 123 Å². The average molecular weight is 347 g/mol. The first-order valence-electron chi connectivity index (χ1n) is 11.3. The van der Waals surface area contributed by atoms with Crippen LogP contribution >= 0.6 is 0 Å². The molecule has 0 atom stereocenters. The summed E-state index contributed by atoms with van der Waals surface area (Å²) in [6.07, 6.45) is 27.5. The van der Waals surface area contributed by atoms with Crippen LogP contribution in [0.5, 0.6) is 0 Å². The van der Waals surface area contributed by atoms with Crippen molar-refractivity contribution in [2.75, 3.05) is 0 Å². The average Bonchev–Trinajstić information content (AvgIpc) is 2.63. The highest BCUT2D eigenvalue weighted by atomic mass is 14.9. The Hall–Kier alpha value is -0.850. The van der Waals surface area contributed by atoms with Gasteiger partial charge >= 0.3 is 0 Å². The van der Waals surface area contributed by atoms with Crippen molar-refractivity contribution in [2.24, 2.45) is 0 Å². The molecule has 0 bridgehead atoms. The highest BCUT2D eigenvalue weighted by molar-refractivity contribution is 5.03. The minimum Gasteiger partial charge on any atom is -0.205 e. The predicted molar refractivity (Wildman–Crippen MR) is 111 cm³/mol. The summed E-state index contributed by atoms with van der Waals surface area (Å²) in [6.45, 7) is 5.63. The van der Waals surface area contributed by atoms with Gasteiger partial charge < -0.3 is 0 Å². The molecule has 0 aliphatic rings. The van der Waals surface area contributed by atoms with Gasteiger partial charge in [-0.25, -0.2) is 4.57 Å². The summed E-state index contributed by atoms with van der Waals surface area (Å²) in [6, 6.07) is 4.40. The van der Waals surface area contributed by atoms with Crippen LogP contribution in [0.3, 0.4) is 0 Å². The first kappa shape index (κ1) is 22.2. The van der Waals surface area contributed by atoms with Crippen LogP contribution in [0.2, 0.25) is 0 Å². The van der Waals surface area contributed by atoms with Crippen LogP contribution < -0.4 is 4.57 Å². The number of pyridine rings is 1. The maximum Gasteiger partial charge on any atom is 0.169 e. The zero-order valence-corrected chi connectivity index (χ0v) is 17.3. The molecule has 0 saturated heterocycles. The Balaban J connectivity index is 1.74. The second-order valence-corrected chi connectivity index (χ2v) is 7.92. The van der Waals surface area contributed by atoms with Crippen LogP contribution in [0.4, 0.5) is 0 Å². The molecule has 1 nitrogen and oxygen atoms in total. The highest BCUT2D eigenvalue weighted by Crippen LogP contribution is 2.13. The molecule has 0 radical (unpaired) electrons. The van der Waals surface area contributed by atoms with Gasteiger partial charge in [-0.05, 0) is 18.9 Å². The van der Waals surface area contributed by atoms with E-state index >= 15 is 0 Å². The molecule has 1 aromatic heterocycles. The molecule has 0 spiro atoms. The Morgan fingerprint density at radius 2 is 0.920 bits per heavy atom. The normalized spacial score (nSPS) is 11.1. The van der Waals surface area contributed by atoms with Gasteiger partial charge in [-0.1, -0.05) is 96.8 Å².